The minimum Gasteiger partial charge on any atom is -0.349 e. The molecule has 1 amide bonds. The second-order valence-electron chi connectivity index (χ2n) is 7.22. The highest BCUT2D eigenvalue weighted by molar-refractivity contribution is 5.78. The van der Waals surface area contributed by atoms with Gasteiger partial charge in [0, 0.05) is 45.5 Å². The van der Waals surface area contributed by atoms with E-state index in [4.69, 9.17) is 0 Å². The summed E-state index contributed by atoms with van der Waals surface area (Å²) in [7, 11) is 3.73. The smallest absolute Gasteiger partial charge is 0.225 e. The lowest BCUT2D eigenvalue weighted by molar-refractivity contribution is -0.133. The normalized spacial score (nSPS) is 23.8. The number of aromatic nitrogens is 2. The predicted octanol–water partition coefficient (Wildman–Crippen LogP) is 2.26. The summed E-state index contributed by atoms with van der Waals surface area (Å²) in [6, 6.07) is 0. The molecule has 120 valence electrons. The van der Waals surface area contributed by atoms with Crippen molar-refractivity contribution in [2.45, 2.75) is 39.0 Å². The van der Waals surface area contributed by atoms with Crippen LogP contribution in [0.3, 0.4) is 0 Å². The molecule has 1 saturated heterocycles. The van der Waals surface area contributed by atoms with Crippen molar-refractivity contribution in [3.05, 3.63) is 18.0 Å². The van der Waals surface area contributed by atoms with Gasteiger partial charge in [-0.1, -0.05) is 0 Å². The van der Waals surface area contributed by atoms with Crippen LogP contribution in [0.15, 0.2) is 12.4 Å². The molecular formula is C17H26N4O. The number of piperidine rings is 1. The van der Waals surface area contributed by atoms with Crippen LogP contribution in [0.4, 0.5) is 5.95 Å². The quantitative estimate of drug-likeness (QED) is 0.841. The molecule has 1 spiro atoms. The Kier molecular flexibility index (Phi) is 4.06. The summed E-state index contributed by atoms with van der Waals surface area (Å²) in [5.74, 6) is 1.39. The first-order chi connectivity index (χ1) is 10.5. The number of carbonyl (C=O) groups is 1. The standard InChI is InChI=1S/C17H26N4O/c1-13-11-18-16(19-12-13)21-8-6-17(7-9-21)5-4-14(10-17)15(22)20(2)3/h11-12,14H,4-10H2,1-3H3. The van der Waals surface area contributed by atoms with Gasteiger partial charge in [-0.25, -0.2) is 9.97 Å². The molecule has 5 nitrogen and oxygen atoms in total. The molecule has 2 heterocycles. The zero-order valence-electron chi connectivity index (χ0n) is 13.9. The Morgan fingerprint density at radius 3 is 2.45 bits per heavy atom. The number of aryl methyl sites for hydroxylation is 1. The molecule has 1 aromatic rings. The van der Waals surface area contributed by atoms with Gasteiger partial charge in [-0.2, -0.15) is 0 Å². The van der Waals surface area contributed by atoms with Crippen molar-refractivity contribution in [3.63, 3.8) is 0 Å². The van der Waals surface area contributed by atoms with Crippen molar-refractivity contribution in [3.8, 4) is 0 Å². The van der Waals surface area contributed by atoms with Gasteiger partial charge in [0.1, 0.15) is 0 Å². The molecule has 2 aliphatic rings. The van der Waals surface area contributed by atoms with Crippen LogP contribution < -0.4 is 4.90 Å². The number of anilines is 1. The van der Waals surface area contributed by atoms with Gasteiger partial charge in [0.15, 0.2) is 0 Å². The third-order valence-electron chi connectivity index (χ3n) is 5.37. The predicted molar refractivity (Wildman–Crippen MR) is 86.7 cm³/mol. The van der Waals surface area contributed by atoms with Crippen molar-refractivity contribution in [2.75, 3.05) is 32.1 Å². The third-order valence-corrected chi connectivity index (χ3v) is 5.37. The summed E-state index contributed by atoms with van der Waals surface area (Å²) >= 11 is 0. The van der Waals surface area contributed by atoms with Gasteiger partial charge < -0.3 is 9.80 Å². The topological polar surface area (TPSA) is 49.3 Å². The van der Waals surface area contributed by atoms with Crippen molar-refractivity contribution in [1.82, 2.24) is 14.9 Å². The minimum absolute atomic E-state index is 0.233. The SMILES string of the molecule is Cc1cnc(N2CCC3(CCC(C(=O)N(C)C)C3)CC2)nc1. The van der Waals surface area contributed by atoms with Crippen LogP contribution in [0, 0.1) is 18.3 Å². The van der Waals surface area contributed by atoms with E-state index in [1.807, 2.05) is 33.4 Å². The van der Waals surface area contributed by atoms with Crippen molar-refractivity contribution >= 4 is 11.9 Å². The maximum atomic E-state index is 12.2. The fourth-order valence-corrected chi connectivity index (χ4v) is 3.97. The van der Waals surface area contributed by atoms with Gasteiger partial charge in [-0.05, 0) is 50.0 Å². The maximum Gasteiger partial charge on any atom is 0.225 e. The lowest BCUT2D eigenvalue weighted by atomic mass is 9.76. The molecule has 1 aromatic heterocycles. The lowest BCUT2D eigenvalue weighted by Gasteiger charge is -2.39. The molecule has 2 fully saturated rings. The van der Waals surface area contributed by atoms with Crippen LogP contribution in [0.1, 0.15) is 37.7 Å². The molecule has 0 N–H and O–H groups in total. The average molecular weight is 302 g/mol. The van der Waals surface area contributed by atoms with Crippen LogP contribution >= 0.6 is 0 Å². The molecule has 1 unspecified atom stereocenters. The van der Waals surface area contributed by atoms with Crippen LogP contribution in [0.5, 0.6) is 0 Å². The molecule has 1 aliphatic carbocycles. The van der Waals surface area contributed by atoms with E-state index in [-0.39, 0.29) is 5.92 Å². The summed E-state index contributed by atoms with van der Waals surface area (Å²) in [6.45, 7) is 4.02. The number of hydrogen-bond acceptors (Lipinski definition) is 4. The molecule has 0 radical (unpaired) electrons. The first-order valence-corrected chi connectivity index (χ1v) is 8.24. The molecule has 3 rings (SSSR count). The minimum atomic E-state index is 0.233. The second kappa shape index (κ2) is 5.86. The Morgan fingerprint density at radius 2 is 1.86 bits per heavy atom. The largest absolute Gasteiger partial charge is 0.349 e. The van der Waals surface area contributed by atoms with Crippen LogP contribution in [0.2, 0.25) is 0 Å². The van der Waals surface area contributed by atoms with E-state index in [0.29, 0.717) is 11.3 Å². The summed E-state index contributed by atoms with van der Waals surface area (Å²) in [6.07, 6.45) is 9.38. The molecular weight excluding hydrogens is 276 g/mol. The van der Waals surface area contributed by atoms with Gasteiger partial charge in [0.05, 0.1) is 0 Å². The first-order valence-electron chi connectivity index (χ1n) is 8.24. The second-order valence-corrected chi connectivity index (χ2v) is 7.22. The maximum absolute atomic E-state index is 12.2. The fourth-order valence-electron chi connectivity index (χ4n) is 3.97. The van der Waals surface area contributed by atoms with Crippen LogP contribution in [-0.2, 0) is 4.79 Å². The van der Waals surface area contributed by atoms with Crippen molar-refractivity contribution < 1.29 is 4.79 Å². The molecule has 1 saturated carbocycles. The lowest BCUT2D eigenvalue weighted by Crippen LogP contribution is -2.40. The molecule has 1 aliphatic heterocycles. The molecule has 0 aromatic carbocycles. The van der Waals surface area contributed by atoms with E-state index < -0.39 is 0 Å². The zero-order chi connectivity index (χ0) is 15.7. The summed E-state index contributed by atoms with van der Waals surface area (Å²) in [5.41, 5.74) is 1.47. The number of carbonyl (C=O) groups excluding carboxylic acids is 1. The van der Waals surface area contributed by atoms with Crippen LogP contribution in [0.25, 0.3) is 0 Å². The summed E-state index contributed by atoms with van der Waals surface area (Å²) in [4.78, 5) is 25.1. The van der Waals surface area contributed by atoms with Gasteiger partial charge in [-0.15, -0.1) is 0 Å². The highest BCUT2D eigenvalue weighted by Crippen LogP contribution is 2.49. The van der Waals surface area contributed by atoms with E-state index in [2.05, 4.69) is 14.9 Å². The van der Waals surface area contributed by atoms with Gasteiger partial charge >= 0.3 is 0 Å². The number of hydrogen-bond donors (Lipinski definition) is 0. The molecule has 0 bridgehead atoms. The van der Waals surface area contributed by atoms with E-state index in [1.165, 1.54) is 6.42 Å². The van der Waals surface area contributed by atoms with Crippen molar-refractivity contribution in [2.24, 2.45) is 11.3 Å². The molecule has 5 heteroatoms. The van der Waals surface area contributed by atoms with E-state index in [1.54, 1.807) is 4.90 Å². The summed E-state index contributed by atoms with van der Waals surface area (Å²) in [5, 5.41) is 0. The number of nitrogens with zero attached hydrogens (tertiary/aromatic N) is 4. The zero-order valence-corrected chi connectivity index (χ0v) is 13.9. The number of rotatable bonds is 2. The van der Waals surface area contributed by atoms with Gasteiger partial charge in [-0.3, -0.25) is 4.79 Å². The average Bonchev–Trinajstić information content (AvgIpc) is 2.92. The molecule has 1 atom stereocenters. The van der Waals surface area contributed by atoms with Crippen LogP contribution in [-0.4, -0.2) is 48.0 Å². The van der Waals surface area contributed by atoms with E-state index in [0.717, 1.165) is 50.3 Å². The fraction of sp³-hybridized carbons (Fsp3) is 0.706. The Balaban J connectivity index is 1.60. The Hall–Kier alpha value is -1.65. The van der Waals surface area contributed by atoms with Crippen molar-refractivity contribution in [1.29, 1.82) is 0 Å². The van der Waals surface area contributed by atoms with E-state index in [9.17, 15) is 4.79 Å². The highest BCUT2D eigenvalue weighted by Gasteiger charge is 2.44. The Morgan fingerprint density at radius 1 is 1.23 bits per heavy atom. The van der Waals surface area contributed by atoms with Gasteiger partial charge in [0.25, 0.3) is 0 Å². The first kappa shape index (κ1) is 15.3. The summed E-state index contributed by atoms with van der Waals surface area (Å²) < 4.78 is 0. The van der Waals surface area contributed by atoms with Gasteiger partial charge in [0.2, 0.25) is 11.9 Å². The third kappa shape index (κ3) is 2.94. The highest BCUT2D eigenvalue weighted by atomic mass is 16.2. The Bertz CT molecular complexity index is 532. The number of amides is 1. The van der Waals surface area contributed by atoms with E-state index >= 15 is 0 Å². The Labute approximate surface area is 132 Å². The monoisotopic (exact) mass is 302 g/mol. The molecule has 22 heavy (non-hydrogen) atoms.